The van der Waals surface area contributed by atoms with Gasteiger partial charge in [-0.25, -0.2) is 0 Å². The molecule has 0 spiro atoms. The molecule has 0 radical (unpaired) electrons. The van der Waals surface area contributed by atoms with Crippen LogP contribution < -0.4 is 5.73 Å². The first-order chi connectivity index (χ1) is 6.80. The van der Waals surface area contributed by atoms with E-state index in [2.05, 4.69) is 32.7 Å². The van der Waals surface area contributed by atoms with E-state index >= 15 is 0 Å². The number of hydrogen-bond donors (Lipinski definition) is 2. The highest BCUT2D eigenvalue weighted by Gasteiger charge is 2.18. The van der Waals surface area contributed by atoms with Crippen molar-refractivity contribution in [3.05, 3.63) is 0 Å². The second-order valence-corrected chi connectivity index (χ2v) is 5.27. The van der Waals surface area contributed by atoms with Crippen molar-refractivity contribution in [1.82, 2.24) is 4.90 Å². The van der Waals surface area contributed by atoms with Gasteiger partial charge < -0.3 is 15.7 Å². The van der Waals surface area contributed by atoms with E-state index in [4.69, 9.17) is 5.73 Å². The Kier molecular flexibility index (Phi) is 6.41. The lowest BCUT2D eigenvalue weighted by atomic mass is 9.99. The average Bonchev–Trinajstić information content (AvgIpc) is 2.16. The minimum atomic E-state index is -0.693. The lowest BCUT2D eigenvalue weighted by molar-refractivity contribution is 0.0532. The van der Waals surface area contributed by atoms with Gasteiger partial charge in [0.25, 0.3) is 0 Å². The Morgan fingerprint density at radius 2 is 1.87 bits per heavy atom. The summed E-state index contributed by atoms with van der Waals surface area (Å²) in [5.41, 5.74) is 4.78. The Balaban J connectivity index is 3.77. The van der Waals surface area contributed by atoms with Crippen LogP contribution in [0.15, 0.2) is 0 Å². The Morgan fingerprint density at radius 1 is 1.33 bits per heavy atom. The number of nitrogens with zero attached hydrogens (tertiary/aromatic N) is 1. The average molecular weight is 216 g/mol. The summed E-state index contributed by atoms with van der Waals surface area (Å²) in [6.45, 7) is 9.88. The van der Waals surface area contributed by atoms with Gasteiger partial charge in [-0.2, -0.15) is 0 Å². The van der Waals surface area contributed by atoms with Crippen molar-refractivity contribution in [3.63, 3.8) is 0 Å². The van der Waals surface area contributed by atoms with E-state index in [1.54, 1.807) is 6.92 Å². The summed E-state index contributed by atoms with van der Waals surface area (Å²) in [6.07, 6.45) is 1.77. The zero-order valence-electron chi connectivity index (χ0n) is 11.0. The largest absolute Gasteiger partial charge is 0.389 e. The molecule has 0 aromatic heterocycles. The van der Waals surface area contributed by atoms with Crippen LogP contribution in [0.1, 0.15) is 40.5 Å². The van der Waals surface area contributed by atoms with Crippen LogP contribution in [0.4, 0.5) is 0 Å². The second-order valence-electron chi connectivity index (χ2n) is 5.27. The zero-order valence-corrected chi connectivity index (χ0v) is 11.0. The van der Waals surface area contributed by atoms with Gasteiger partial charge in [-0.1, -0.05) is 13.8 Å². The molecule has 3 nitrogen and oxygen atoms in total. The smallest absolute Gasteiger partial charge is 0.0741 e. The molecule has 0 fully saturated rings. The topological polar surface area (TPSA) is 49.5 Å². The molecule has 0 rings (SSSR count). The quantitative estimate of drug-likeness (QED) is 0.677. The monoisotopic (exact) mass is 216 g/mol. The molecule has 3 heteroatoms. The molecule has 92 valence electrons. The summed E-state index contributed by atoms with van der Waals surface area (Å²) in [5, 5.41) is 9.74. The Morgan fingerprint density at radius 3 is 2.27 bits per heavy atom. The van der Waals surface area contributed by atoms with Crippen molar-refractivity contribution < 1.29 is 5.11 Å². The van der Waals surface area contributed by atoms with Crippen LogP contribution in [-0.2, 0) is 0 Å². The molecule has 15 heavy (non-hydrogen) atoms. The van der Waals surface area contributed by atoms with Gasteiger partial charge in [-0.15, -0.1) is 0 Å². The predicted octanol–water partition coefficient (Wildman–Crippen LogP) is 1.45. The van der Waals surface area contributed by atoms with Crippen molar-refractivity contribution in [2.45, 2.75) is 52.2 Å². The number of rotatable bonds is 7. The van der Waals surface area contributed by atoms with Gasteiger partial charge in [0.1, 0.15) is 0 Å². The highest BCUT2D eigenvalue weighted by Crippen LogP contribution is 2.13. The molecule has 0 aromatic rings. The van der Waals surface area contributed by atoms with E-state index < -0.39 is 5.60 Å². The van der Waals surface area contributed by atoms with Crippen molar-refractivity contribution in [2.24, 2.45) is 11.7 Å². The summed E-state index contributed by atoms with van der Waals surface area (Å²) >= 11 is 0. The van der Waals surface area contributed by atoms with Gasteiger partial charge in [0.15, 0.2) is 0 Å². The van der Waals surface area contributed by atoms with Crippen molar-refractivity contribution in [1.29, 1.82) is 0 Å². The normalized spacial score (nSPS) is 18.2. The number of hydrogen-bond acceptors (Lipinski definition) is 3. The standard InChI is InChI=1S/C12H28N2O/c1-10(2)11(3)14(5)8-6-7-12(4,15)9-13/h10-11,15H,6-9,13H2,1-5H3. The minimum absolute atomic E-state index is 0.344. The minimum Gasteiger partial charge on any atom is -0.389 e. The Bertz CT molecular complexity index is 169. The molecule has 0 aliphatic heterocycles. The molecule has 3 N–H and O–H groups in total. The Labute approximate surface area is 94.6 Å². The van der Waals surface area contributed by atoms with E-state index in [1.165, 1.54) is 0 Å². The summed E-state index contributed by atoms with van der Waals surface area (Å²) in [6, 6.07) is 0.591. The molecule has 0 aliphatic rings. The Hall–Kier alpha value is -0.120. The lowest BCUT2D eigenvalue weighted by Gasteiger charge is -2.29. The van der Waals surface area contributed by atoms with E-state index in [1.807, 2.05) is 0 Å². The third kappa shape index (κ3) is 6.13. The maximum atomic E-state index is 9.74. The van der Waals surface area contributed by atoms with Crippen LogP contribution in [0.25, 0.3) is 0 Å². The van der Waals surface area contributed by atoms with E-state index in [-0.39, 0.29) is 0 Å². The van der Waals surface area contributed by atoms with Gasteiger partial charge in [0.2, 0.25) is 0 Å². The molecule has 0 heterocycles. The summed E-state index contributed by atoms with van der Waals surface area (Å²) in [5.74, 6) is 0.671. The first kappa shape index (κ1) is 14.9. The van der Waals surface area contributed by atoms with Crippen LogP contribution in [0, 0.1) is 5.92 Å². The first-order valence-corrected chi connectivity index (χ1v) is 5.93. The third-order valence-electron chi connectivity index (χ3n) is 3.33. The van der Waals surface area contributed by atoms with Crippen LogP contribution in [0.3, 0.4) is 0 Å². The van der Waals surface area contributed by atoms with Crippen LogP contribution >= 0.6 is 0 Å². The molecule has 0 amide bonds. The highest BCUT2D eigenvalue weighted by molar-refractivity contribution is 4.74. The molecule has 2 atom stereocenters. The third-order valence-corrected chi connectivity index (χ3v) is 3.33. The molecule has 0 aliphatic carbocycles. The summed E-state index contributed by atoms with van der Waals surface area (Å²) < 4.78 is 0. The van der Waals surface area contributed by atoms with Gasteiger partial charge >= 0.3 is 0 Å². The molecule has 0 saturated carbocycles. The predicted molar refractivity (Wildman–Crippen MR) is 65.8 cm³/mol. The molecular formula is C12H28N2O. The number of nitrogens with two attached hydrogens (primary N) is 1. The van der Waals surface area contributed by atoms with E-state index in [9.17, 15) is 5.11 Å². The van der Waals surface area contributed by atoms with Crippen molar-refractivity contribution >= 4 is 0 Å². The fourth-order valence-corrected chi connectivity index (χ4v) is 1.52. The highest BCUT2D eigenvalue weighted by atomic mass is 16.3. The van der Waals surface area contributed by atoms with Crippen LogP contribution in [-0.4, -0.2) is 41.8 Å². The number of aliphatic hydroxyl groups is 1. The second kappa shape index (κ2) is 6.46. The van der Waals surface area contributed by atoms with Gasteiger partial charge in [0, 0.05) is 12.6 Å². The molecule has 0 bridgehead atoms. The molecule has 0 aromatic carbocycles. The maximum absolute atomic E-state index is 9.74. The zero-order chi connectivity index (χ0) is 12.1. The van der Waals surface area contributed by atoms with E-state index in [0.717, 1.165) is 19.4 Å². The maximum Gasteiger partial charge on any atom is 0.0741 e. The SMILES string of the molecule is CC(C)C(C)N(C)CCCC(C)(O)CN. The summed E-state index contributed by atoms with van der Waals surface area (Å²) in [4.78, 5) is 2.34. The molecule has 2 unspecified atom stereocenters. The molecule has 0 saturated heterocycles. The van der Waals surface area contributed by atoms with Crippen molar-refractivity contribution in [2.75, 3.05) is 20.1 Å². The van der Waals surface area contributed by atoms with Gasteiger partial charge in [-0.05, 0) is 46.2 Å². The molecular weight excluding hydrogens is 188 g/mol. The fourth-order valence-electron chi connectivity index (χ4n) is 1.52. The fraction of sp³-hybridized carbons (Fsp3) is 1.00. The van der Waals surface area contributed by atoms with Crippen molar-refractivity contribution in [3.8, 4) is 0 Å². The van der Waals surface area contributed by atoms with Gasteiger partial charge in [-0.3, -0.25) is 0 Å². The van der Waals surface area contributed by atoms with Crippen LogP contribution in [0.5, 0.6) is 0 Å². The van der Waals surface area contributed by atoms with E-state index in [0.29, 0.717) is 18.5 Å². The van der Waals surface area contributed by atoms with Crippen LogP contribution in [0.2, 0.25) is 0 Å². The summed E-state index contributed by atoms with van der Waals surface area (Å²) in [7, 11) is 2.14. The van der Waals surface area contributed by atoms with Gasteiger partial charge in [0.05, 0.1) is 5.60 Å². The first-order valence-electron chi connectivity index (χ1n) is 5.93. The lowest BCUT2D eigenvalue weighted by Crippen LogP contribution is -2.37.